The van der Waals surface area contributed by atoms with Gasteiger partial charge in [0, 0.05) is 26.7 Å². The van der Waals surface area contributed by atoms with E-state index >= 15 is 0 Å². The summed E-state index contributed by atoms with van der Waals surface area (Å²) < 4.78 is 3.31. The van der Waals surface area contributed by atoms with Crippen molar-refractivity contribution in [2.75, 3.05) is 0 Å². The molecule has 2 aromatic rings. The Morgan fingerprint density at radius 1 is 1.47 bits per heavy atom. The second-order valence-corrected chi connectivity index (χ2v) is 3.43. The van der Waals surface area contributed by atoms with Gasteiger partial charge in [-0.1, -0.05) is 0 Å². The van der Waals surface area contributed by atoms with Gasteiger partial charge in [0.2, 0.25) is 0 Å². The fourth-order valence-corrected chi connectivity index (χ4v) is 1.39. The minimum atomic E-state index is -0.630. The SMILES string of the molecule is Cn1ccc(C(O)Cc2ncnn2C)n1. The van der Waals surface area contributed by atoms with Crippen LogP contribution in [0.25, 0.3) is 0 Å². The Hall–Kier alpha value is -1.69. The topological polar surface area (TPSA) is 68.8 Å². The monoisotopic (exact) mass is 207 g/mol. The lowest BCUT2D eigenvalue weighted by molar-refractivity contribution is 0.169. The Balaban J connectivity index is 2.10. The molecule has 0 amide bonds. The normalized spacial score (nSPS) is 13.0. The molecule has 6 nitrogen and oxygen atoms in total. The van der Waals surface area contributed by atoms with Crippen molar-refractivity contribution >= 4 is 0 Å². The number of hydrogen-bond donors (Lipinski definition) is 1. The van der Waals surface area contributed by atoms with Crippen molar-refractivity contribution in [1.29, 1.82) is 0 Å². The van der Waals surface area contributed by atoms with Gasteiger partial charge in [0.15, 0.2) is 0 Å². The highest BCUT2D eigenvalue weighted by molar-refractivity contribution is 5.05. The Bertz CT molecular complexity index is 447. The Morgan fingerprint density at radius 2 is 2.27 bits per heavy atom. The molecule has 2 rings (SSSR count). The van der Waals surface area contributed by atoms with Gasteiger partial charge in [0.1, 0.15) is 18.3 Å². The van der Waals surface area contributed by atoms with Crippen LogP contribution in [-0.2, 0) is 20.5 Å². The number of aliphatic hydroxyl groups is 1. The zero-order chi connectivity index (χ0) is 10.8. The molecule has 0 radical (unpaired) electrons. The maximum atomic E-state index is 9.87. The van der Waals surface area contributed by atoms with Gasteiger partial charge in [-0.25, -0.2) is 4.98 Å². The molecule has 6 heteroatoms. The van der Waals surface area contributed by atoms with Crippen molar-refractivity contribution < 1.29 is 5.11 Å². The maximum absolute atomic E-state index is 9.87. The van der Waals surface area contributed by atoms with Gasteiger partial charge in [-0.3, -0.25) is 9.36 Å². The summed E-state index contributed by atoms with van der Waals surface area (Å²) in [5, 5.41) is 17.9. The molecule has 15 heavy (non-hydrogen) atoms. The Morgan fingerprint density at radius 3 is 2.80 bits per heavy atom. The molecular weight excluding hydrogens is 194 g/mol. The third kappa shape index (κ3) is 2.04. The molecule has 0 aliphatic heterocycles. The summed E-state index contributed by atoms with van der Waals surface area (Å²) in [6.45, 7) is 0. The molecule has 0 spiro atoms. The molecule has 80 valence electrons. The summed E-state index contributed by atoms with van der Waals surface area (Å²) >= 11 is 0. The van der Waals surface area contributed by atoms with Crippen LogP contribution >= 0.6 is 0 Å². The first-order valence-corrected chi connectivity index (χ1v) is 4.67. The summed E-state index contributed by atoms with van der Waals surface area (Å²) in [4.78, 5) is 4.05. The van der Waals surface area contributed by atoms with E-state index in [0.29, 0.717) is 12.1 Å². The van der Waals surface area contributed by atoms with Crippen LogP contribution < -0.4 is 0 Å². The number of aryl methyl sites for hydroxylation is 2. The molecule has 0 saturated carbocycles. The van der Waals surface area contributed by atoms with Crippen LogP contribution in [0.4, 0.5) is 0 Å². The zero-order valence-corrected chi connectivity index (χ0v) is 8.70. The lowest BCUT2D eigenvalue weighted by atomic mass is 10.2. The number of hydrogen-bond acceptors (Lipinski definition) is 4. The molecule has 0 aliphatic rings. The Labute approximate surface area is 87.2 Å². The average Bonchev–Trinajstić information content (AvgIpc) is 2.77. The average molecular weight is 207 g/mol. The molecule has 0 bridgehead atoms. The first kappa shape index (κ1) is 9.85. The first-order chi connectivity index (χ1) is 7.16. The number of rotatable bonds is 3. The van der Waals surface area contributed by atoms with Gasteiger partial charge in [-0.05, 0) is 6.07 Å². The van der Waals surface area contributed by atoms with Gasteiger partial charge in [-0.15, -0.1) is 0 Å². The van der Waals surface area contributed by atoms with Gasteiger partial charge < -0.3 is 5.11 Å². The summed E-state index contributed by atoms with van der Waals surface area (Å²) in [6, 6.07) is 1.79. The summed E-state index contributed by atoms with van der Waals surface area (Å²) in [5.41, 5.74) is 0.653. The van der Waals surface area contributed by atoms with Crippen LogP contribution in [0.15, 0.2) is 18.6 Å². The van der Waals surface area contributed by atoms with E-state index in [1.807, 2.05) is 7.05 Å². The zero-order valence-electron chi connectivity index (χ0n) is 8.70. The van der Waals surface area contributed by atoms with Gasteiger partial charge in [-0.2, -0.15) is 10.2 Å². The highest BCUT2D eigenvalue weighted by Gasteiger charge is 2.13. The fraction of sp³-hybridized carbons (Fsp3) is 0.444. The van der Waals surface area contributed by atoms with Crippen molar-refractivity contribution in [3.63, 3.8) is 0 Å². The molecule has 0 aromatic carbocycles. The van der Waals surface area contributed by atoms with Crippen molar-refractivity contribution in [1.82, 2.24) is 24.5 Å². The molecule has 0 saturated heterocycles. The lowest BCUT2D eigenvalue weighted by Gasteiger charge is -2.06. The smallest absolute Gasteiger partial charge is 0.138 e. The summed E-state index contributed by atoms with van der Waals surface area (Å²) in [7, 11) is 3.62. The van der Waals surface area contributed by atoms with E-state index in [4.69, 9.17) is 0 Å². The highest BCUT2D eigenvalue weighted by atomic mass is 16.3. The number of nitrogens with zero attached hydrogens (tertiary/aromatic N) is 5. The quantitative estimate of drug-likeness (QED) is 0.758. The summed E-state index contributed by atoms with van der Waals surface area (Å²) in [6.07, 6.45) is 3.07. The molecule has 0 fully saturated rings. The number of aliphatic hydroxyl groups excluding tert-OH is 1. The second kappa shape index (κ2) is 3.82. The van der Waals surface area contributed by atoms with E-state index in [0.717, 1.165) is 5.82 Å². The van der Waals surface area contributed by atoms with Crippen LogP contribution in [0.1, 0.15) is 17.6 Å². The third-order valence-corrected chi connectivity index (χ3v) is 2.26. The van der Waals surface area contributed by atoms with Crippen molar-refractivity contribution in [3.8, 4) is 0 Å². The third-order valence-electron chi connectivity index (χ3n) is 2.26. The van der Waals surface area contributed by atoms with Crippen molar-refractivity contribution in [2.45, 2.75) is 12.5 Å². The molecule has 2 aromatic heterocycles. The molecular formula is C9H13N5O. The maximum Gasteiger partial charge on any atom is 0.138 e. The largest absolute Gasteiger partial charge is 0.386 e. The van der Waals surface area contributed by atoms with Crippen LogP contribution in [0.5, 0.6) is 0 Å². The second-order valence-electron chi connectivity index (χ2n) is 3.43. The van der Waals surface area contributed by atoms with Crippen LogP contribution in [-0.4, -0.2) is 29.7 Å². The lowest BCUT2D eigenvalue weighted by Crippen LogP contribution is -2.08. The minimum absolute atomic E-state index is 0.424. The van der Waals surface area contributed by atoms with E-state index in [9.17, 15) is 5.11 Å². The first-order valence-electron chi connectivity index (χ1n) is 4.67. The Kier molecular flexibility index (Phi) is 2.51. The molecule has 1 atom stereocenters. The van der Waals surface area contributed by atoms with Crippen LogP contribution in [0.2, 0.25) is 0 Å². The molecule has 1 N–H and O–H groups in total. The van der Waals surface area contributed by atoms with E-state index in [1.165, 1.54) is 6.33 Å². The van der Waals surface area contributed by atoms with Crippen molar-refractivity contribution in [2.24, 2.45) is 14.1 Å². The standard InChI is InChI=1S/C9H13N5O/c1-13-4-3-7(12-13)8(15)5-9-10-6-11-14(9)2/h3-4,6,8,15H,5H2,1-2H3. The van der Waals surface area contributed by atoms with Gasteiger partial charge >= 0.3 is 0 Å². The van der Waals surface area contributed by atoms with E-state index in [2.05, 4.69) is 15.2 Å². The molecule has 2 heterocycles. The predicted octanol–water partition coefficient (Wildman–Crippen LogP) is -0.175. The predicted molar refractivity (Wildman–Crippen MR) is 52.9 cm³/mol. The van der Waals surface area contributed by atoms with E-state index in [1.54, 1.807) is 28.7 Å². The van der Waals surface area contributed by atoms with Crippen LogP contribution in [0.3, 0.4) is 0 Å². The number of aromatic nitrogens is 5. The molecule has 0 aliphatic carbocycles. The van der Waals surface area contributed by atoms with Gasteiger partial charge in [0.25, 0.3) is 0 Å². The molecule has 1 unspecified atom stereocenters. The minimum Gasteiger partial charge on any atom is -0.386 e. The van der Waals surface area contributed by atoms with Crippen LogP contribution in [0, 0.1) is 0 Å². The summed E-state index contributed by atoms with van der Waals surface area (Å²) in [5.74, 6) is 0.744. The van der Waals surface area contributed by atoms with Crippen molar-refractivity contribution in [3.05, 3.63) is 30.1 Å². The van der Waals surface area contributed by atoms with E-state index in [-0.39, 0.29) is 0 Å². The van der Waals surface area contributed by atoms with E-state index < -0.39 is 6.10 Å². The highest BCUT2D eigenvalue weighted by Crippen LogP contribution is 2.13. The fourth-order valence-electron chi connectivity index (χ4n) is 1.39. The van der Waals surface area contributed by atoms with Gasteiger partial charge in [0.05, 0.1) is 5.69 Å².